The normalized spacial score (nSPS) is 20.8. The van der Waals surface area contributed by atoms with Gasteiger partial charge < -0.3 is 9.64 Å². The second-order valence-electron chi connectivity index (χ2n) is 5.28. The zero-order valence-corrected chi connectivity index (χ0v) is 13.1. The van der Waals surface area contributed by atoms with Gasteiger partial charge in [0.1, 0.15) is 5.75 Å². The Balaban J connectivity index is 1.88. The first kappa shape index (κ1) is 13.7. The van der Waals surface area contributed by atoms with Gasteiger partial charge in [-0.05, 0) is 59.5 Å². The smallest absolute Gasteiger partial charge is 0.182 e. The quantitative estimate of drug-likeness (QED) is 0.792. The number of fused-ring (bicyclic) bond motifs is 3. The summed E-state index contributed by atoms with van der Waals surface area (Å²) in [7, 11) is 0. The van der Waals surface area contributed by atoms with Gasteiger partial charge in [0.2, 0.25) is 0 Å². The first-order chi connectivity index (χ1) is 9.69. The predicted octanol–water partition coefficient (Wildman–Crippen LogP) is 3.48. The molecule has 0 N–H and O–H groups in total. The first-order valence-corrected chi connectivity index (χ1v) is 7.91. The van der Waals surface area contributed by atoms with E-state index in [1.54, 1.807) is 0 Å². The number of hydrogen-bond acceptors (Lipinski definition) is 3. The highest BCUT2D eigenvalue weighted by Crippen LogP contribution is 2.33. The lowest BCUT2D eigenvalue weighted by Gasteiger charge is -2.41. The SMILES string of the molecule is CCOc1ccc(/C=C2/C(=O)C3CCN2CC3)cc1Br. The number of rotatable bonds is 3. The maximum atomic E-state index is 12.3. The van der Waals surface area contributed by atoms with Gasteiger partial charge in [0.25, 0.3) is 0 Å². The van der Waals surface area contributed by atoms with Gasteiger partial charge in [-0.3, -0.25) is 4.79 Å². The molecule has 0 amide bonds. The summed E-state index contributed by atoms with van der Waals surface area (Å²) in [6.07, 6.45) is 4.04. The molecule has 0 saturated carbocycles. The van der Waals surface area contributed by atoms with Crippen molar-refractivity contribution < 1.29 is 9.53 Å². The molecule has 106 valence electrons. The molecule has 0 radical (unpaired) electrons. The molecule has 3 aliphatic rings. The van der Waals surface area contributed by atoms with Crippen LogP contribution in [-0.4, -0.2) is 30.4 Å². The van der Waals surface area contributed by atoms with Crippen molar-refractivity contribution in [3.05, 3.63) is 33.9 Å². The summed E-state index contributed by atoms with van der Waals surface area (Å²) in [4.78, 5) is 14.5. The van der Waals surface area contributed by atoms with Gasteiger partial charge in [0.15, 0.2) is 5.78 Å². The van der Waals surface area contributed by atoms with Crippen molar-refractivity contribution in [2.75, 3.05) is 19.7 Å². The number of piperidine rings is 3. The fourth-order valence-electron chi connectivity index (χ4n) is 2.95. The molecule has 0 atom stereocenters. The summed E-state index contributed by atoms with van der Waals surface area (Å²) >= 11 is 3.52. The number of halogens is 1. The topological polar surface area (TPSA) is 29.5 Å². The Labute approximate surface area is 127 Å². The number of hydrogen-bond donors (Lipinski definition) is 0. The Morgan fingerprint density at radius 3 is 2.75 bits per heavy atom. The van der Waals surface area contributed by atoms with Gasteiger partial charge >= 0.3 is 0 Å². The number of carbonyl (C=O) groups is 1. The molecule has 0 unspecified atom stereocenters. The summed E-state index contributed by atoms with van der Waals surface area (Å²) in [5.41, 5.74) is 1.92. The van der Waals surface area contributed by atoms with E-state index in [1.165, 1.54) is 0 Å². The third-order valence-corrected chi connectivity index (χ3v) is 4.64. The third-order valence-electron chi connectivity index (χ3n) is 4.02. The summed E-state index contributed by atoms with van der Waals surface area (Å²) in [6, 6.07) is 5.95. The molecule has 3 saturated heterocycles. The van der Waals surface area contributed by atoms with Crippen molar-refractivity contribution in [3.63, 3.8) is 0 Å². The molecule has 3 aliphatic heterocycles. The Kier molecular flexibility index (Phi) is 3.83. The van der Waals surface area contributed by atoms with Crippen LogP contribution < -0.4 is 4.74 Å². The van der Waals surface area contributed by atoms with Crippen LogP contribution >= 0.6 is 15.9 Å². The van der Waals surface area contributed by atoms with Crippen LogP contribution in [0.25, 0.3) is 6.08 Å². The van der Waals surface area contributed by atoms with Crippen molar-refractivity contribution in [2.24, 2.45) is 5.92 Å². The van der Waals surface area contributed by atoms with E-state index in [4.69, 9.17) is 4.74 Å². The second kappa shape index (κ2) is 5.60. The zero-order chi connectivity index (χ0) is 14.1. The zero-order valence-electron chi connectivity index (χ0n) is 11.6. The summed E-state index contributed by atoms with van der Waals surface area (Å²) in [5.74, 6) is 1.40. The highest BCUT2D eigenvalue weighted by atomic mass is 79.9. The molecule has 1 aromatic carbocycles. The van der Waals surface area contributed by atoms with Gasteiger partial charge in [0, 0.05) is 19.0 Å². The molecule has 0 aromatic heterocycles. The molecule has 1 aromatic rings. The van der Waals surface area contributed by atoms with E-state index in [9.17, 15) is 4.79 Å². The number of ketones is 1. The molecular formula is C16H18BrNO2. The maximum absolute atomic E-state index is 12.3. The number of nitrogens with zero attached hydrogens (tertiary/aromatic N) is 1. The minimum atomic E-state index is 0.248. The Bertz CT molecular complexity index is 560. The molecule has 3 heterocycles. The lowest BCUT2D eigenvalue weighted by molar-refractivity contribution is -0.125. The molecule has 2 bridgehead atoms. The van der Waals surface area contributed by atoms with Crippen molar-refractivity contribution >= 4 is 27.8 Å². The van der Waals surface area contributed by atoms with E-state index in [0.717, 1.165) is 47.4 Å². The number of ether oxygens (including phenoxy) is 1. The fourth-order valence-corrected chi connectivity index (χ4v) is 3.46. The minimum absolute atomic E-state index is 0.248. The third kappa shape index (κ3) is 2.49. The summed E-state index contributed by atoms with van der Waals surface area (Å²) in [5, 5.41) is 0. The van der Waals surface area contributed by atoms with Gasteiger partial charge in [0.05, 0.1) is 16.8 Å². The van der Waals surface area contributed by atoms with Crippen LogP contribution in [0.4, 0.5) is 0 Å². The lowest BCUT2D eigenvalue weighted by Crippen LogP contribution is -2.45. The van der Waals surface area contributed by atoms with Crippen molar-refractivity contribution in [3.8, 4) is 5.75 Å². The lowest BCUT2D eigenvalue weighted by atomic mass is 9.84. The molecule has 20 heavy (non-hydrogen) atoms. The van der Waals surface area contributed by atoms with Crippen LogP contribution in [-0.2, 0) is 4.79 Å². The second-order valence-corrected chi connectivity index (χ2v) is 6.13. The van der Waals surface area contributed by atoms with Crippen LogP contribution in [0.3, 0.4) is 0 Å². The summed E-state index contributed by atoms with van der Waals surface area (Å²) in [6.45, 7) is 4.64. The number of allylic oxidation sites excluding steroid dienone is 1. The highest BCUT2D eigenvalue weighted by Gasteiger charge is 2.36. The average molecular weight is 336 g/mol. The molecule has 0 spiro atoms. The standard InChI is InChI=1S/C16H18BrNO2/c1-2-20-15-4-3-11(9-13(15)17)10-14-16(19)12-5-7-18(14)8-6-12/h3-4,9-10,12H,2,5-8H2,1H3/b14-10-. The van der Waals surface area contributed by atoms with E-state index in [2.05, 4.69) is 20.8 Å². The van der Waals surface area contributed by atoms with Crippen molar-refractivity contribution in [2.45, 2.75) is 19.8 Å². The van der Waals surface area contributed by atoms with Crippen LogP contribution in [0.15, 0.2) is 28.4 Å². The molecule has 3 nitrogen and oxygen atoms in total. The van der Waals surface area contributed by atoms with Gasteiger partial charge in [-0.1, -0.05) is 6.07 Å². The van der Waals surface area contributed by atoms with E-state index < -0.39 is 0 Å². The van der Waals surface area contributed by atoms with Crippen LogP contribution in [0.5, 0.6) is 5.75 Å². The van der Waals surface area contributed by atoms with E-state index in [0.29, 0.717) is 12.4 Å². The minimum Gasteiger partial charge on any atom is -0.493 e. The van der Waals surface area contributed by atoms with Crippen LogP contribution in [0.2, 0.25) is 0 Å². The van der Waals surface area contributed by atoms with E-state index >= 15 is 0 Å². The highest BCUT2D eigenvalue weighted by molar-refractivity contribution is 9.10. The first-order valence-electron chi connectivity index (χ1n) is 7.12. The molecule has 4 heteroatoms. The van der Waals surface area contributed by atoms with E-state index in [-0.39, 0.29) is 5.92 Å². The van der Waals surface area contributed by atoms with Crippen LogP contribution in [0.1, 0.15) is 25.3 Å². The monoisotopic (exact) mass is 335 g/mol. The Hall–Kier alpha value is -1.29. The average Bonchev–Trinajstić information content (AvgIpc) is 2.46. The molecule has 4 rings (SSSR count). The molecule has 0 aliphatic carbocycles. The maximum Gasteiger partial charge on any atom is 0.182 e. The van der Waals surface area contributed by atoms with Crippen LogP contribution in [0, 0.1) is 5.92 Å². The molecule has 3 fully saturated rings. The molecular weight excluding hydrogens is 318 g/mol. The van der Waals surface area contributed by atoms with Gasteiger partial charge in [-0.15, -0.1) is 0 Å². The van der Waals surface area contributed by atoms with Gasteiger partial charge in [-0.25, -0.2) is 0 Å². The number of carbonyl (C=O) groups excluding carboxylic acids is 1. The Morgan fingerprint density at radius 2 is 2.15 bits per heavy atom. The van der Waals surface area contributed by atoms with Gasteiger partial charge in [-0.2, -0.15) is 0 Å². The van der Waals surface area contributed by atoms with Crippen molar-refractivity contribution in [1.29, 1.82) is 0 Å². The van der Waals surface area contributed by atoms with Crippen molar-refractivity contribution in [1.82, 2.24) is 4.90 Å². The largest absolute Gasteiger partial charge is 0.493 e. The Morgan fingerprint density at radius 1 is 1.40 bits per heavy atom. The number of benzene rings is 1. The summed E-state index contributed by atoms with van der Waals surface area (Å²) < 4.78 is 6.44. The number of Topliss-reactive ketones (excluding diaryl/α,β-unsaturated/α-hetero) is 1. The predicted molar refractivity (Wildman–Crippen MR) is 82.6 cm³/mol. The fraction of sp³-hybridized carbons (Fsp3) is 0.438. The van der Waals surface area contributed by atoms with E-state index in [1.807, 2.05) is 31.2 Å².